The second-order valence-corrected chi connectivity index (χ2v) is 6.63. The molecule has 1 aliphatic carbocycles. The lowest BCUT2D eigenvalue weighted by atomic mass is 9.83. The van der Waals surface area contributed by atoms with E-state index < -0.39 is 0 Å². The number of rotatable bonds is 2. The monoisotopic (exact) mass is 381 g/mol. The molecule has 0 amide bonds. The first kappa shape index (κ1) is 16.8. The Morgan fingerprint density at radius 2 is 1.35 bits per heavy atom. The third kappa shape index (κ3) is 2.70. The van der Waals surface area contributed by atoms with Crippen molar-refractivity contribution < 1.29 is 9.53 Å². The van der Waals surface area contributed by atoms with Gasteiger partial charge in [0.05, 0.1) is 39.7 Å². The van der Waals surface area contributed by atoms with Gasteiger partial charge in [-0.05, 0) is 36.4 Å². The number of ketones is 1. The molecule has 26 heavy (non-hydrogen) atoms. The van der Waals surface area contributed by atoms with Gasteiger partial charge in [-0.1, -0.05) is 47.5 Å². The summed E-state index contributed by atoms with van der Waals surface area (Å²) in [7, 11) is 1.62. The van der Waals surface area contributed by atoms with Crippen molar-refractivity contribution in [1.29, 1.82) is 0 Å². The average Bonchev–Trinajstić information content (AvgIpc) is 2.65. The molecular formula is C21H13Cl2NO2. The van der Waals surface area contributed by atoms with Gasteiger partial charge in [-0.25, -0.2) is 4.99 Å². The van der Waals surface area contributed by atoms with E-state index in [2.05, 4.69) is 0 Å². The van der Waals surface area contributed by atoms with Crippen molar-refractivity contribution in [1.82, 2.24) is 0 Å². The van der Waals surface area contributed by atoms with Gasteiger partial charge in [0.1, 0.15) is 5.75 Å². The van der Waals surface area contributed by atoms with Crippen LogP contribution in [-0.4, -0.2) is 18.6 Å². The summed E-state index contributed by atoms with van der Waals surface area (Å²) in [4.78, 5) is 17.8. The summed E-state index contributed by atoms with van der Waals surface area (Å²) in [6, 6.07) is 18.1. The van der Waals surface area contributed by atoms with E-state index in [0.29, 0.717) is 38.0 Å². The first-order valence-corrected chi connectivity index (χ1v) is 8.71. The molecule has 3 aromatic rings. The van der Waals surface area contributed by atoms with E-state index in [4.69, 9.17) is 32.9 Å². The highest BCUT2D eigenvalue weighted by atomic mass is 35.5. The number of ether oxygens (including phenoxy) is 1. The molecule has 0 radical (unpaired) electrons. The fourth-order valence-electron chi connectivity index (χ4n) is 3.08. The highest BCUT2D eigenvalue weighted by molar-refractivity contribution is 6.43. The topological polar surface area (TPSA) is 38.7 Å². The average molecular weight is 382 g/mol. The largest absolute Gasteiger partial charge is 0.497 e. The number of aliphatic imine (C=N–C) groups is 1. The van der Waals surface area contributed by atoms with Crippen LogP contribution in [0.15, 0.2) is 65.7 Å². The normalized spacial score (nSPS) is 12.4. The van der Waals surface area contributed by atoms with Crippen LogP contribution >= 0.6 is 23.2 Å². The van der Waals surface area contributed by atoms with E-state index in [1.165, 1.54) is 0 Å². The van der Waals surface area contributed by atoms with Crippen LogP contribution in [-0.2, 0) is 0 Å². The van der Waals surface area contributed by atoms with Crippen molar-refractivity contribution in [3.63, 3.8) is 0 Å². The van der Waals surface area contributed by atoms with Crippen LogP contribution in [0.2, 0.25) is 10.0 Å². The summed E-state index contributed by atoms with van der Waals surface area (Å²) >= 11 is 12.7. The number of methoxy groups -OCH3 is 1. The summed E-state index contributed by atoms with van der Waals surface area (Å²) in [6.45, 7) is 0. The van der Waals surface area contributed by atoms with E-state index in [0.717, 1.165) is 11.4 Å². The predicted octanol–water partition coefficient (Wildman–Crippen LogP) is 5.72. The number of fused-ring (bicyclic) bond motifs is 2. The Hall–Kier alpha value is -2.62. The van der Waals surface area contributed by atoms with E-state index in [1.54, 1.807) is 19.2 Å². The molecule has 0 heterocycles. The summed E-state index contributed by atoms with van der Waals surface area (Å²) in [5.41, 5.74) is 3.68. The number of nitrogens with zero attached hydrogens (tertiary/aromatic N) is 1. The minimum atomic E-state index is -0.181. The summed E-state index contributed by atoms with van der Waals surface area (Å²) in [5.74, 6) is 0.569. The van der Waals surface area contributed by atoms with Gasteiger partial charge in [0.2, 0.25) is 0 Å². The maximum atomic E-state index is 13.0. The molecule has 0 atom stereocenters. The molecular weight excluding hydrogens is 369 g/mol. The highest BCUT2D eigenvalue weighted by Gasteiger charge is 2.31. The number of halogens is 2. The summed E-state index contributed by atoms with van der Waals surface area (Å²) < 4.78 is 5.19. The lowest BCUT2D eigenvalue weighted by Gasteiger charge is -2.22. The predicted molar refractivity (Wildman–Crippen MR) is 105 cm³/mol. The Kier molecular flexibility index (Phi) is 4.27. The number of carbonyl (C=O) groups is 1. The van der Waals surface area contributed by atoms with Crippen molar-refractivity contribution in [2.75, 3.05) is 7.11 Å². The van der Waals surface area contributed by atoms with Gasteiger partial charge in [-0.15, -0.1) is 0 Å². The standard InChI is InChI=1S/C21H13Cl2NO2/c1-26-13-10-8-12(9-11-13)24-20-14-4-2-6-16(22)18(14)21(25)19-15(20)5-3-7-17(19)23/h2-11H,1H3. The molecule has 0 aromatic heterocycles. The van der Waals surface area contributed by atoms with E-state index in [1.807, 2.05) is 48.5 Å². The Morgan fingerprint density at radius 1 is 0.808 bits per heavy atom. The Morgan fingerprint density at radius 3 is 1.85 bits per heavy atom. The summed E-state index contributed by atoms with van der Waals surface area (Å²) in [6.07, 6.45) is 0. The molecule has 1 aliphatic rings. The third-order valence-electron chi connectivity index (χ3n) is 4.30. The zero-order chi connectivity index (χ0) is 18.3. The van der Waals surface area contributed by atoms with Gasteiger partial charge in [-0.3, -0.25) is 4.79 Å². The van der Waals surface area contributed by atoms with Crippen LogP contribution < -0.4 is 4.74 Å². The molecule has 0 unspecified atom stereocenters. The Balaban J connectivity index is 1.99. The molecule has 128 valence electrons. The lowest BCUT2D eigenvalue weighted by Crippen LogP contribution is -2.22. The molecule has 0 aliphatic heterocycles. The van der Waals surface area contributed by atoms with Gasteiger partial charge < -0.3 is 4.74 Å². The van der Waals surface area contributed by atoms with E-state index >= 15 is 0 Å². The fourth-order valence-corrected chi connectivity index (χ4v) is 3.60. The van der Waals surface area contributed by atoms with Crippen LogP contribution in [0.1, 0.15) is 27.0 Å². The second kappa shape index (κ2) is 6.60. The quantitative estimate of drug-likeness (QED) is 0.445. The number of hydrogen-bond acceptors (Lipinski definition) is 3. The number of carbonyl (C=O) groups excluding carboxylic acids is 1. The van der Waals surface area contributed by atoms with Crippen molar-refractivity contribution in [3.8, 4) is 5.75 Å². The first-order chi connectivity index (χ1) is 12.6. The van der Waals surface area contributed by atoms with Crippen LogP contribution in [0.4, 0.5) is 5.69 Å². The minimum absolute atomic E-state index is 0.181. The van der Waals surface area contributed by atoms with Crippen molar-refractivity contribution in [2.45, 2.75) is 0 Å². The molecule has 0 bridgehead atoms. The smallest absolute Gasteiger partial charge is 0.197 e. The molecule has 0 saturated carbocycles. The molecule has 0 N–H and O–H groups in total. The second-order valence-electron chi connectivity index (χ2n) is 5.81. The minimum Gasteiger partial charge on any atom is -0.497 e. The van der Waals surface area contributed by atoms with Crippen LogP contribution in [0.25, 0.3) is 0 Å². The Labute approximate surface area is 160 Å². The van der Waals surface area contributed by atoms with Crippen molar-refractivity contribution in [3.05, 3.63) is 93.0 Å². The summed E-state index contributed by atoms with van der Waals surface area (Å²) in [5, 5.41) is 0.779. The maximum absolute atomic E-state index is 13.0. The van der Waals surface area contributed by atoms with Crippen LogP contribution in [0, 0.1) is 0 Å². The van der Waals surface area contributed by atoms with Gasteiger partial charge in [0.15, 0.2) is 5.78 Å². The molecule has 5 heteroatoms. The van der Waals surface area contributed by atoms with E-state index in [9.17, 15) is 4.79 Å². The van der Waals surface area contributed by atoms with E-state index in [-0.39, 0.29) is 5.78 Å². The van der Waals surface area contributed by atoms with Crippen molar-refractivity contribution in [2.24, 2.45) is 4.99 Å². The number of benzene rings is 3. The first-order valence-electron chi connectivity index (χ1n) is 7.95. The molecule has 3 aromatic carbocycles. The maximum Gasteiger partial charge on any atom is 0.197 e. The SMILES string of the molecule is COc1ccc(N=C2c3cccc(Cl)c3C(=O)c3c(Cl)cccc32)cc1. The van der Waals surface area contributed by atoms with Crippen LogP contribution in [0.5, 0.6) is 5.75 Å². The molecule has 0 fully saturated rings. The molecule has 0 spiro atoms. The zero-order valence-electron chi connectivity index (χ0n) is 13.8. The van der Waals surface area contributed by atoms with Crippen LogP contribution in [0.3, 0.4) is 0 Å². The van der Waals surface area contributed by atoms with Gasteiger partial charge in [0, 0.05) is 11.1 Å². The van der Waals surface area contributed by atoms with Gasteiger partial charge in [0.25, 0.3) is 0 Å². The van der Waals surface area contributed by atoms with Gasteiger partial charge in [-0.2, -0.15) is 0 Å². The molecule has 3 nitrogen and oxygen atoms in total. The highest BCUT2D eigenvalue weighted by Crippen LogP contribution is 2.36. The molecule has 0 saturated heterocycles. The third-order valence-corrected chi connectivity index (χ3v) is 4.93. The fraction of sp³-hybridized carbons (Fsp3) is 0.0476. The lowest BCUT2D eigenvalue weighted by molar-refractivity contribution is 0.103. The van der Waals surface area contributed by atoms with Gasteiger partial charge >= 0.3 is 0 Å². The zero-order valence-corrected chi connectivity index (χ0v) is 15.3. The Bertz CT molecular complexity index is 999. The molecule has 4 rings (SSSR count). The van der Waals surface area contributed by atoms with Crippen molar-refractivity contribution >= 4 is 40.4 Å². The number of hydrogen-bond donors (Lipinski definition) is 0.